The average Bonchev–Trinajstić information content (AvgIpc) is 3.65. The molecule has 1 N–H and O–H groups in total. The number of aryl methyl sites for hydroxylation is 1. The van der Waals surface area contributed by atoms with Gasteiger partial charge in [-0.3, -0.25) is 9.69 Å². The number of rotatable bonds is 8. The van der Waals surface area contributed by atoms with Crippen molar-refractivity contribution in [1.29, 1.82) is 0 Å². The molecule has 1 unspecified atom stereocenters. The maximum absolute atomic E-state index is 12.8. The predicted octanol–water partition coefficient (Wildman–Crippen LogP) is 2.94. The zero-order chi connectivity index (χ0) is 24.2. The number of aromatic nitrogens is 3. The Hall–Kier alpha value is -3.33. The smallest absolute Gasteiger partial charge is 0.324 e. The fraction of sp³-hybridized carbons (Fsp3) is 0.500. The fourth-order valence-electron chi connectivity index (χ4n) is 5.04. The summed E-state index contributed by atoms with van der Waals surface area (Å²) in [5.74, 6) is 2.08. The molecule has 2 saturated heterocycles. The highest BCUT2D eigenvalue weighted by atomic mass is 16.5. The van der Waals surface area contributed by atoms with E-state index in [2.05, 4.69) is 55.2 Å². The fourth-order valence-corrected chi connectivity index (χ4v) is 5.04. The second-order valence-electron chi connectivity index (χ2n) is 9.64. The van der Waals surface area contributed by atoms with Gasteiger partial charge >= 0.3 is 6.01 Å². The molecule has 1 atom stereocenters. The lowest BCUT2D eigenvalue weighted by Gasteiger charge is -2.30. The van der Waals surface area contributed by atoms with Gasteiger partial charge in [0.25, 0.3) is 0 Å². The summed E-state index contributed by atoms with van der Waals surface area (Å²) in [6.45, 7) is 5.33. The van der Waals surface area contributed by atoms with Crippen molar-refractivity contribution in [2.24, 2.45) is 18.9 Å². The van der Waals surface area contributed by atoms with Crippen molar-refractivity contribution in [2.45, 2.75) is 25.8 Å². The number of likely N-dealkylation sites (tertiary alicyclic amines) is 1. The molecule has 35 heavy (non-hydrogen) atoms. The molecule has 5 rings (SSSR count). The van der Waals surface area contributed by atoms with Crippen LogP contribution in [0, 0.1) is 11.8 Å². The molecule has 0 bridgehead atoms. The van der Waals surface area contributed by atoms with Gasteiger partial charge in [-0.1, -0.05) is 5.16 Å². The van der Waals surface area contributed by atoms with Crippen molar-refractivity contribution in [3.63, 3.8) is 0 Å². The zero-order valence-corrected chi connectivity index (χ0v) is 20.5. The number of ether oxygens (including phenoxy) is 1. The van der Waals surface area contributed by atoms with Crippen LogP contribution in [0.3, 0.4) is 0 Å². The number of methoxy groups -OCH3 is 1. The Morgan fingerprint density at radius 2 is 1.94 bits per heavy atom. The molecule has 2 aliphatic heterocycles. The third-order valence-electron chi connectivity index (χ3n) is 7.27. The molecule has 9 heteroatoms. The minimum atomic E-state index is 0.0381. The number of carbonyl (C=O) groups is 1. The molecule has 0 radical (unpaired) electrons. The Morgan fingerprint density at radius 3 is 2.66 bits per heavy atom. The highest BCUT2D eigenvalue weighted by Crippen LogP contribution is 2.26. The molecule has 2 aliphatic rings. The maximum Gasteiger partial charge on any atom is 0.324 e. The van der Waals surface area contributed by atoms with Crippen molar-refractivity contribution < 1.29 is 14.1 Å². The zero-order valence-electron chi connectivity index (χ0n) is 20.5. The molecule has 1 amide bonds. The number of amides is 1. The Morgan fingerprint density at radius 1 is 1.14 bits per heavy atom. The first-order chi connectivity index (χ1) is 17.1. The minimum Gasteiger partial charge on any atom is -0.497 e. The van der Waals surface area contributed by atoms with Crippen LogP contribution in [-0.2, 0) is 18.4 Å². The van der Waals surface area contributed by atoms with Gasteiger partial charge in [0.2, 0.25) is 11.7 Å². The number of nitrogens with one attached hydrogen (secondary N) is 1. The van der Waals surface area contributed by atoms with Crippen molar-refractivity contribution in [3.05, 3.63) is 48.3 Å². The van der Waals surface area contributed by atoms with E-state index < -0.39 is 0 Å². The molecule has 3 aromatic rings. The van der Waals surface area contributed by atoms with Crippen LogP contribution in [-0.4, -0.2) is 65.3 Å². The normalized spacial score (nSPS) is 19.3. The molecule has 0 spiro atoms. The van der Waals surface area contributed by atoms with Gasteiger partial charge in [-0.25, -0.2) is 0 Å². The quantitative estimate of drug-likeness (QED) is 0.533. The lowest BCUT2D eigenvalue weighted by atomic mass is 9.96. The first-order valence-electron chi connectivity index (χ1n) is 12.4. The summed E-state index contributed by atoms with van der Waals surface area (Å²) in [5, 5.41) is 7.35. The highest BCUT2D eigenvalue weighted by molar-refractivity contribution is 5.79. The number of hydrogen-bond donors (Lipinski definition) is 1. The Kier molecular flexibility index (Phi) is 7.03. The van der Waals surface area contributed by atoms with Gasteiger partial charge in [-0.2, -0.15) is 4.98 Å². The number of piperidine rings is 1. The Bertz CT molecular complexity index is 1120. The van der Waals surface area contributed by atoms with Crippen LogP contribution in [0.4, 0.5) is 6.01 Å². The van der Waals surface area contributed by atoms with E-state index in [1.54, 1.807) is 7.11 Å². The summed E-state index contributed by atoms with van der Waals surface area (Å²) in [7, 11) is 3.73. The molecule has 9 nitrogen and oxygen atoms in total. The lowest BCUT2D eigenvalue weighted by molar-refractivity contribution is -0.125. The van der Waals surface area contributed by atoms with E-state index in [1.165, 1.54) is 5.69 Å². The van der Waals surface area contributed by atoms with E-state index in [9.17, 15) is 4.79 Å². The molecule has 186 valence electrons. The third kappa shape index (κ3) is 5.51. The van der Waals surface area contributed by atoms with Crippen LogP contribution >= 0.6 is 0 Å². The van der Waals surface area contributed by atoms with Gasteiger partial charge in [0.05, 0.1) is 7.11 Å². The Balaban J connectivity index is 1.05. The Labute approximate surface area is 206 Å². The largest absolute Gasteiger partial charge is 0.497 e. The summed E-state index contributed by atoms with van der Waals surface area (Å²) < 4.78 is 12.9. The second-order valence-corrected chi connectivity index (χ2v) is 9.64. The molecule has 4 heterocycles. The van der Waals surface area contributed by atoms with Gasteiger partial charge in [0, 0.05) is 63.1 Å². The van der Waals surface area contributed by atoms with Crippen LogP contribution in [0.5, 0.6) is 5.75 Å². The minimum absolute atomic E-state index is 0.0381. The molecular weight excluding hydrogens is 444 g/mol. The van der Waals surface area contributed by atoms with E-state index in [-0.39, 0.29) is 11.8 Å². The molecule has 0 saturated carbocycles. The van der Waals surface area contributed by atoms with Crippen molar-refractivity contribution in [2.75, 3.05) is 44.7 Å². The summed E-state index contributed by atoms with van der Waals surface area (Å²) in [6.07, 6.45) is 4.80. The number of carbonyl (C=O) groups excluding carboxylic acids is 1. The van der Waals surface area contributed by atoms with Crippen LogP contribution in [0.1, 0.15) is 25.0 Å². The van der Waals surface area contributed by atoms with Crippen LogP contribution in [0.15, 0.2) is 47.1 Å². The van der Waals surface area contributed by atoms with E-state index in [0.29, 0.717) is 17.8 Å². The van der Waals surface area contributed by atoms with Crippen LogP contribution in [0.2, 0.25) is 0 Å². The highest BCUT2D eigenvalue weighted by Gasteiger charge is 2.29. The molecule has 2 aromatic heterocycles. The second kappa shape index (κ2) is 10.5. The summed E-state index contributed by atoms with van der Waals surface area (Å²) in [5.41, 5.74) is 2.21. The molecule has 2 fully saturated rings. The average molecular weight is 479 g/mol. The van der Waals surface area contributed by atoms with E-state index in [1.807, 2.05) is 24.3 Å². The standard InChI is InChI=1S/C26H34N6O3/c1-30-12-3-4-22(30)18-31-13-9-19(17-31)16-27-25(33)21-10-14-32(15-11-21)26-28-24(29-35-26)20-5-7-23(34-2)8-6-20/h3-8,12,19,21H,9-11,13-18H2,1-2H3,(H,27,33). The molecule has 1 aromatic carbocycles. The van der Waals surface area contributed by atoms with Gasteiger partial charge in [0.15, 0.2) is 0 Å². The topological polar surface area (TPSA) is 88.7 Å². The molecule has 0 aliphatic carbocycles. The summed E-state index contributed by atoms with van der Waals surface area (Å²) in [6, 6.07) is 12.4. The number of benzene rings is 1. The third-order valence-corrected chi connectivity index (χ3v) is 7.27. The van der Waals surface area contributed by atoms with E-state index in [4.69, 9.17) is 9.26 Å². The first kappa shape index (κ1) is 23.4. The lowest BCUT2D eigenvalue weighted by Crippen LogP contribution is -2.42. The summed E-state index contributed by atoms with van der Waals surface area (Å²) in [4.78, 5) is 21.9. The van der Waals surface area contributed by atoms with Crippen LogP contribution in [0.25, 0.3) is 11.4 Å². The SMILES string of the molecule is COc1ccc(-c2noc(N3CCC(C(=O)NCC4CCN(Cc5cccn5C)C4)CC3)n2)cc1. The molecular formula is C26H34N6O3. The maximum atomic E-state index is 12.8. The number of nitrogens with zero attached hydrogens (tertiary/aromatic N) is 5. The van der Waals surface area contributed by atoms with Crippen LogP contribution < -0.4 is 15.0 Å². The van der Waals surface area contributed by atoms with E-state index in [0.717, 1.165) is 69.8 Å². The van der Waals surface area contributed by atoms with Gasteiger partial charge < -0.3 is 24.0 Å². The van der Waals surface area contributed by atoms with Crippen molar-refractivity contribution in [1.82, 2.24) is 24.9 Å². The van der Waals surface area contributed by atoms with Gasteiger partial charge in [-0.15, -0.1) is 0 Å². The van der Waals surface area contributed by atoms with Gasteiger partial charge in [-0.05, 0) is 68.1 Å². The number of anilines is 1. The van der Waals surface area contributed by atoms with Crippen molar-refractivity contribution >= 4 is 11.9 Å². The van der Waals surface area contributed by atoms with E-state index >= 15 is 0 Å². The summed E-state index contributed by atoms with van der Waals surface area (Å²) >= 11 is 0. The monoisotopic (exact) mass is 478 g/mol. The predicted molar refractivity (Wildman–Crippen MR) is 133 cm³/mol. The van der Waals surface area contributed by atoms with Crippen molar-refractivity contribution in [3.8, 4) is 17.1 Å². The first-order valence-corrected chi connectivity index (χ1v) is 12.4. The number of hydrogen-bond acceptors (Lipinski definition) is 7. The van der Waals surface area contributed by atoms with Gasteiger partial charge in [0.1, 0.15) is 5.75 Å².